The van der Waals surface area contributed by atoms with E-state index in [1.165, 1.54) is 32.1 Å². The van der Waals surface area contributed by atoms with E-state index in [0.29, 0.717) is 5.92 Å². The van der Waals surface area contributed by atoms with Gasteiger partial charge in [0.15, 0.2) is 0 Å². The van der Waals surface area contributed by atoms with Gasteiger partial charge >= 0.3 is 0 Å². The van der Waals surface area contributed by atoms with Gasteiger partial charge in [-0.15, -0.1) is 0 Å². The predicted octanol–water partition coefficient (Wildman–Crippen LogP) is 2.53. The van der Waals surface area contributed by atoms with Crippen LogP contribution in [0.15, 0.2) is 29.1 Å². The number of piperidine rings is 1. The van der Waals surface area contributed by atoms with Crippen LogP contribution in [0.5, 0.6) is 0 Å². The van der Waals surface area contributed by atoms with Gasteiger partial charge in [-0.3, -0.25) is 10.1 Å². The van der Waals surface area contributed by atoms with Crippen LogP contribution in [-0.2, 0) is 4.79 Å². The van der Waals surface area contributed by atoms with E-state index < -0.39 is 0 Å². The van der Waals surface area contributed by atoms with Gasteiger partial charge < -0.3 is 9.73 Å². The summed E-state index contributed by atoms with van der Waals surface area (Å²) in [7, 11) is 0. The molecular weight excluding hydrogens is 252 g/mol. The second-order valence-electron chi connectivity index (χ2n) is 5.83. The molecule has 2 N–H and O–H groups in total. The van der Waals surface area contributed by atoms with E-state index in [9.17, 15) is 4.79 Å². The van der Waals surface area contributed by atoms with Crippen LogP contribution in [0.1, 0.15) is 37.7 Å². The highest BCUT2D eigenvalue weighted by Crippen LogP contribution is 2.35. The Labute approximate surface area is 119 Å². The van der Waals surface area contributed by atoms with Crippen LogP contribution in [0, 0.1) is 11.8 Å². The molecule has 0 radical (unpaired) electrons. The molecule has 1 saturated heterocycles. The fraction of sp³-hybridized carbons (Fsp3) is 0.562. The van der Waals surface area contributed by atoms with Gasteiger partial charge in [-0.05, 0) is 43.4 Å². The minimum absolute atomic E-state index is 0.0325. The molecule has 2 heterocycles. The number of carbonyl (C=O) groups is 1. The van der Waals surface area contributed by atoms with Gasteiger partial charge in [0.25, 0.3) is 0 Å². The van der Waals surface area contributed by atoms with Crippen molar-refractivity contribution in [3.05, 3.63) is 30.2 Å². The fourth-order valence-corrected chi connectivity index (χ4v) is 3.51. The summed E-state index contributed by atoms with van der Waals surface area (Å²) in [6.07, 6.45) is 13.2. The number of hydrogen-bond donors (Lipinski definition) is 2. The zero-order valence-corrected chi connectivity index (χ0v) is 11.7. The van der Waals surface area contributed by atoms with Crippen molar-refractivity contribution < 1.29 is 9.21 Å². The third-order valence-corrected chi connectivity index (χ3v) is 4.54. The summed E-state index contributed by atoms with van der Waals surface area (Å²) in [5, 5.41) is 6.57. The molecule has 2 aliphatic rings. The van der Waals surface area contributed by atoms with E-state index in [2.05, 4.69) is 10.6 Å². The number of rotatable bonds is 3. The summed E-state index contributed by atoms with van der Waals surface area (Å²) >= 11 is 0. The number of carbonyl (C=O) groups excluding carboxylic acids is 1. The molecule has 1 aromatic rings. The highest BCUT2D eigenvalue weighted by atomic mass is 16.3. The molecule has 0 bridgehead atoms. The lowest BCUT2D eigenvalue weighted by Crippen LogP contribution is -2.56. The summed E-state index contributed by atoms with van der Waals surface area (Å²) in [4.78, 5) is 12.0. The topological polar surface area (TPSA) is 54.3 Å². The van der Waals surface area contributed by atoms with Gasteiger partial charge in [-0.25, -0.2) is 0 Å². The Bertz CT molecular complexity index is 465. The number of furan rings is 1. The minimum Gasteiger partial charge on any atom is -0.472 e. The Morgan fingerprint density at radius 1 is 1.35 bits per heavy atom. The zero-order chi connectivity index (χ0) is 13.8. The van der Waals surface area contributed by atoms with Crippen molar-refractivity contribution in [3.63, 3.8) is 0 Å². The summed E-state index contributed by atoms with van der Waals surface area (Å²) in [5.41, 5.74) is 0.910. The van der Waals surface area contributed by atoms with Gasteiger partial charge in [0, 0.05) is 11.6 Å². The lowest BCUT2D eigenvalue weighted by molar-refractivity contribution is -0.118. The normalized spacial score (nSPS) is 30.1. The largest absolute Gasteiger partial charge is 0.472 e. The molecule has 1 saturated carbocycles. The highest BCUT2D eigenvalue weighted by molar-refractivity contribution is 5.91. The molecule has 0 aromatic carbocycles. The van der Waals surface area contributed by atoms with E-state index in [-0.39, 0.29) is 12.1 Å². The average molecular weight is 274 g/mol. The van der Waals surface area contributed by atoms with Gasteiger partial charge in [0.05, 0.1) is 18.7 Å². The van der Waals surface area contributed by atoms with Crippen LogP contribution in [0.4, 0.5) is 0 Å². The Morgan fingerprint density at radius 3 is 3.10 bits per heavy atom. The lowest BCUT2D eigenvalue weighted by Gasteiger charge is -2.42. The van der Waals surface area contributed by atoms with Crippen molar-refractivity contribution in [3.8, 4) is 0 Å². The maximum atomic E-state index is 12.0. The monoisotopic (exact) mass is 274 g/mol. The van der Waals surface area contributed by atoms with Crippen LogP contribution in [-0.4, -0.2) is 18.6 Å². The number of nitrogens with one attached hydrogen (secondary N) is 2. The first-order chi connectivity index (χ1) is 9.83. The van der Waals surface area contributed by atoms with Crippen LogP contribution >= 0.6 is 0 Å². The Hall–Kier alpha value is -1.55. The van der Waals surface area contributed by atoms with E-state index >= 15 is 0 Å². The van der Waals surface area contributed by atoms with Gasteiger partial charge in [0.1, 0.15) is 0 Å². The molecule has 1 amide bonds. The summed E-state index contributed by atoms with van der Waals surface area (Å²) < 4.78 is 4.97. The molecule has 108 valence electrons. The van der Waals surface area contributed by atoms with Crippen molar-refractivity contribution in [2.45, 2.75) is 38.3 Å². The quantitative estimate of drug-likeness (QED) is 0.833. The summed E-state index contributed by atoms with van der Waals surface area (Å²) in [6, 6.07) is 1.83. The standard InChI is InChI=1S/C16H22N2O2/c19-15(6-5-12-8-10-20-11-12)18-16-14-4-2-1-3-13(14)7-9-17-16/h5-6,8,10-11,13-14,16-17H,1-4,7,9H2,(H,18,19)/b6-5+. The van der Waals surface area contributed by atoms with Crippen LogP contribution in [0.25, 0.3) is 6.08 Å². The average Bonchev–Trinajstić information content (AvgIpc) is 2.99. The SMILES string of the molecule is O=C(/C=C/c1ccoc1)NC1NCCC2CCCCC21. The van der Waals surface area contributed by atoms with Crippen LogP contribution < -0.4 is 10.6 Å². The lowest BCUT2D eigenvalue weighted by atomic mass is 9.74. The number of fused-ring (bicyclic) bond motifs is 1. The van der Waals surface area contributed by atoms with Crippen LogP contribution in [0.3, 0.4) is 0 Å². The maximum Gasteiger partial charge on any atom is 0.245 e. The minimum atomic E-state index is -0.0325. The Kier molecular flexibility index (Phi) is 4.21. The molecule has 1 aliphatic heterocycles. The van der Waals surface area contributed by atoms with Crippen molar-refractivity contribution in [2.24, 2.45) is 11.8 Å². The molecule has 0 spiro atoms. The van der Waals surface area contributed by atoms with Crippen molar-refractivity contribution in [1.82, 2.24) is 10.6 Å². The smallest absolute Gasteiger partial charge is 0.245 e. The van der Waals surface area contributed by atoms with Gasteiger partial charge in [-0.1, -0.05) is 19.3 Å². The van der Waals surface area contributed by atoms with Crippen molar-refractivity contribution in [1.29, 1.82) is 0 Å². The summed E-state index contributed by atoms with van der Waals surface area (Å²) in [6.45, 7) is 1.01. The third-order valence-electron chi connectivity index (χ3n) is 4.54. The third kappa shape index (κ3) is 3.12. The van der Waals surface area contributed by atoms with Crippen molar-refractivity contribution >= 4 is 12.0 Å². The zero-order valence-electron chi connectivity index (χ0n) is 11.7. The Balaban J connectivity index is 1.57. The molecule has 3 rings (SSSR count). The first kappa shape index (κ1) is 13.4. The molecule has 2 fully saturated rings. The molecule has 1 aliphatic carbocycles. The first-order valence-electron chi connectivity index (χ1n) is 7.57. The van der Waals surface area contributed by atoms with Crippen LogP contribution in [0.2, 0.25) is 0 Å². The molecule has 4 nitrogen and oxygen atoms in total. The van der Waals surface area contributed by atoms with Gasteiger partial charge in [-0.2, -0.15) is 0 Å². The predicted molar refractivity (Wildman–Crippen MR) is 77.7 cm³/mol. The summed E-state index contributed by atoms with van der Waals surface area (Å²) in [5.74, 6) is 1.35. The molecule has 20 heavy (non-hydrogen) atoms. The number of hydrogen-bond acceptors (Lipinski definition) is 3. The highest BCUT2D eigenvalue weighted by Gasteiger charge is 2.35. The molecule has 3 atom stereocenters. The van der Waals surface area contributed by atoms with E-state index in [1.54, 1.807) is 24.7 Å². The second kappa shape index (κ2) is 6.27. The fourth-order valence-electron chi connectivity index (χ4n) is 3.51. The Morgan fingerprint density at radius 2 is 2.25 bits per heavy atom. The second-order valence-corrected chi connectivity index (χ2v) is 5.83. The molecular formula is C16H22N2O2. The maximum absolute atomic E-state index is 12.0. The molecule has 3 unspecified atom stereocenters. The van der Waals surface area contributed by atoms with E-state index in [0.717, 1.165) is 18.0 Å². The van der Waals surface area contributed by atoms with Crippen molar-refractivity contribution in [2.75, 3.05) is 6.54 Å². The molecule has 1 aromatic heterocycles. The first-order valence-corrected chi connectivity index (χ1v) is 7.57. The number of amides is 1. The van der Waals surface area contributed by atoms with E-state index in [1.807, 2.05) is 6.07 Å². The van der Waals surface area contributed by atoms with E-state index in [4.69, 9.17) is 4.42 Å². The van der Waals surface area contributed by atoms with Gasteiger partial charge in [0.2, 0.25) is 5.91 Å². The molecule has 4 heteroatoms.